The molecule has 3 N–H and O–H groups in total. The predicted molar refractivity (Wildman–Crippen MR) is 148 cm³/mol. The maximum Gasteiger partial charge on any atom is 0.243 e. The van der Waals surface area contributed by atoms with E-state index in [0.717, 1.165) is 42.9 Å². The first kappa shape index (κ1) is 27.6. The van der Waals surface area contributed by atoms with Crippen LogP contribution in [0.1, 0.15) is 24.2 Å². The maximum atomic E-state index is 13.5. The van der Waals surface area contributed by atoms with E-state index in [9.17, 15) is 17.2 Å². The van der Waals surface area contributed by atoms with E-state index in [4.69, 9.17) is 0 Å². The number of benzene rings is 2. The number of likely N-dealkylation sites (tertiary alicyclic amines) is 1. The van der Waals surface area contributed by atoms with Crippen molar-refractivity contribution >= 4 is 33.2 Å². The second-order valence-corrected chi connectivity index (χ2v) is 11.8. The van der Waals surface area contributed by atoms with Crippen molar-refractivity contribution in [1.82, 2.24) is 29.4 Å². The largest absolute Gasteiger partial charge is 0.340 e. The van der Waals surface area contributed by atoms with Crippen molar-refractivity contribution in [2.45, 2.75) is 37.2 Å². The molecule has 1 saturated heterocycles. The lowest BCUT2D eigenvalue weighted by Gasteiger charge is -2.36. The molecule has 1 aliphatic rings. The van der Waals surface area contributed by atoms with E-state index in [2.05, 4.69) is 35.7 Å². The molecule has 0 bridgehead atoms. The molecular weight excluding hydrogens is 538 g/mol. The average molecular weight is 569 g/mol. The van der Waals surface area contributed by atoms with E-state index < -0.39 is 21.7 Å². The highest BCUT2D eigenvalue weighted by molar-refractivity contribution is 7.89. The lowest BCUT2D eigenvalue weighted by Crippen LogP contribution is -2.48. The monoisotopic (exact) mass is 568 g/mol. The highest BCUT2D eigenvalue weighted by Gasteiger charge is 2.31. The molecule has 0 saturated carbocycles. The van der Waals surface area contributed by atoms with Crippen molar-refractivity contribution in [2.75, 3.05) is 30.8 Å². The number of piperidine rings is 1. The highest BCUT2D eigenvalue weighted by Crippen LogP contribution is 2.25. The first-order valence-corrected chi connectivity index (χ1v) is 14.2. The van der Waals surface area contributed by atoms with Gasteiger partial charge >= 0.3 is 0 Å². The summed E-state index contributed by atoms with van der Waals surface area (Å²) >= 11 is 0. The maximum absolute atomic E-state index is 13.5. The highest BCUT2D eigenvalue weighted by atomic mass is 32.2. The number of anilines is 4. The number of sulfonamides is 1. The fourth-order valence-corrected chi connectivity index (χ4v) is 6.05. The van der Waals surface area contributed by atoms with Gasteiger partial charge in [-0.1, -0.05) is 0 Å². The van der Waals surface area contributed by atoms with E-state index in [0.29, 0.717) is 30.3 Å². The molecule has 0 spiro atoms. The standard InChI is InChI=1S/C27H30F2N8O2S/c1-18-14-21(35-34-18)16-37-13-3-4-22(17-37)36(2)40(38,39)23-8-5-19(6-9-23)32-27-30-12-11-26(33-27)31-20-7-10-24(28)25(29)15-20/h5-12,14-15,22H,3-4,13,16-17H2,1-2H3,(H,34,35)(H2,30,31,32,33). The minimum atomic E-state index is -3.71. The van der Waals surface area contributed by atoms with Gasteiger partial charge in [0.05, 0.1) is 10.6 Å². The zero-order chi connectivity index (χ0) is 28.3. The normalized spacial score (nSPS) is 16.3. The van der Waals surface area contributed by atoms with Crippen molar-refractivity contribution in [3.63, 3.8) is 0 Å². The number of nitrogens with zero attached hydrogens (tertiary/aromatic N) is 5. The van der Waals surface area contributed by atoms with E-state index in [1.807, 2.05) is 13.0 Å². The molecule has 3 heterocycles. The molecule has 1 aliphatic heterocycles. The Morgan fingerprint density at radius 2 is 1.82 bits per heavy atom. The molecule has 0 amide bonds. The predicted octanol–water partition coefficient (Wildman–Crippen LogP) is 4.56. The van der Waals surface area contributed by atoms with E-state index >= 15 is 0 Å². The van der Waals surface area contributed by atoms with Gasteiger partial charge in [-0.2, -0.15) is 14.4 Å². The van der Waals surface area contributed by atoms with Gasteiger partial charge in [-0.05, 0) is 74.8 Å². The van der Waals surface area contributed by atoms with Crippen LogP contribution < -0.4 is 10.6 Å². The summed E-state index contributed by atoms with van der Waals surface area (Å²) in [6.07, 6.45) is 3.20. The molecule has 210 valence electrons. The van der Waals surface area contributed by atoms with E-state index in [1.54, 1.807) is 37.4 Å². The topological polar surface area (TPSA) is 119 Å². The van der Waals surface area contributed by atoms with Crippen LogP contribution in [0.2, 0.25) is 0 Å². The Balaban J connectivity index is 1.22. The number of hydrogen-bond donors (Lipinski definition) is 3. The Morgan fingerprint density at radius 1 is 1.05 bits per heavy atom. The summed E-state index contributed by atoms with van der Waals surface area (Å²) in [6.45, 7) is 4.16. The Labute approximate surface area is 231 Å². The third-order valence-corrected chi connectivity index (χ3v) is 8.70. The smallest absolute Gasteiger partial charge is 0.243 e. The zero-order valence-corrected chi connectivity index (χ0v) is 22.9. The summed E-state index contributed by atoms with van der Waals surface area (Å²) in [7, 11) is -2.08. The SMILES string of the molecule is Cc1cc(CN2CCCC(N(C)S(=O)(=O)c3ccc(Nc4nccc(Nc5ccc(F)c(F)c5)n4)cc3)C2)n[nH]1. The van der Waals surface area contributed by atoms with Crippen LogP contribution in [0.15, 0.2) is 65.7 Å². The summed E-state index contributed by atoms with van der Waals surface area (Å²) in [5, 5.41) is 13.2. The summed E-state index contributed by atoms with van der Waals surface area (Å²) in [6, 6.07) is 13.3. The molecule has 1 atom stereocenters. The van der Waals surface area contributed by atoms with Crippen LogP contribution in [0, 0.1) is 18.6 Å². The molecule has 2 aromatic heterocycles. The van der Waals surface area contributed by atoms with E-state index in [-0.39, 0.29) is 16.9 Å². The molecular formula is C27H30F2N8O2S. The summed E-state index contributed by atoms with van der Waals surface area (Å²) in [5.74, 6) is -1.29. The number of aryl methyl sites for hydroxylation is 1. The Hall–Kier alpha value is -3.94. The summed E-state index contributed by atoms with van der Waals surface area (Å²) in [4.78, 5) is 10.9. The summed E-state index contributed by atoms with van der Waals surface area (Å²) in [5.41, 5.74) is 2.87. The van der Waals surface area contributed by atoms with Crippen LogP contribution in [-0.4, -0.2) is 64.0 Å². The minimum absolute atomic E-state index is 0.144. The van der Waals surface area contributed by atoms with Gasteiger partial charge in [0.2, 0.25) is 16.0 Å². The van der Waals surface area contributed by atoms with Crippen LogP contribution in [-0.2, 0) is 16.6 Å². The van der Waals surface area contributed by atoms with Gasteiger partial charge in [-0.25, -0.2) is 22.2 Å². The van der Waals surface area contributed by atoms with Gasteiger partial charge < -0.3 is 10.6 Å². The fourth-order valence-electron chi connectivity index (χ4n) is 4.67. The first-order valence-electron chi connectivity index (χ1n) is 12.8. The molecule has 0 aliphatic carbocycles. The van der Waals surface area contributed by atoms with Crippen LogP contribution in [0.5, 0.6) is 0 Å². The zero-order valence-electron chi connectivity index (χ0n) is 22.1. The second-order valence-electron chi connectivity index (χ2n) is 9.76. The number of rotatable bonds is 9. The second kappa shape index (κ2) is 11.7. The van der Waals surface area contributed by atoms with E-state index in [1.165, 1.54) is 16.6 Å². The van der Waals surface area contributed by atoms with Crippen LogP contribution in [0.25, 0.3) is 0 Å². The average Bonchev–Trinajstić information content (AvgIpc) is 3.35. The molecule has 40 heavy (non-hydrogen) atoms. The molecule has 1 fully saturated rings. The Morgan fingerprint density at radius 3 is 2.55 bits per heavy atom. The van der Waals surface area contributed by atoms with Crippen molar-refractivity contribution < 1.29 is 17.2 Å². The lowest BCUT2D eigenvalue weighted by atomic mass is 10.1. The van der Waals surface area contributed by atoms with Crippen molar-refractivity contribution in [3.05, 3.63) is 83.8 Å². The number of halogens is 2. The van der Waals surface area contributed by atoms with Gasteiger partial charge in [0.1, 0.15) is 5.82 Å². The number of H-pyrrole nitrogens is 1. The van der Waals surface area contributed by atoms with Gasteiger partial charge in [-0.3, -0.25) is 10.00 Å². The molecule has 10 nitrogen and oxygen atoms in total. The minimum Gasteiger partial charge on any atom is -0.340 e. The van der Waals surface area contributed by atoms with Crippen molar-refractivity contribution in [2.24, 2.45) is 0 Å². The van der Waals surface area contributed by atoms with Crippen LogP contribution in [0.4, 0.5) is 31.9 Å². The number of nitrogens with one attached hydrogen (secondary N) is 3. The van der Waals surface area contributed by atoms with Crippen LogP contribution in [0.3, 0.4) is 0 Å². The van der Waals surface area contributed by atoms with Gasteiger partial charge in [-0.15, -0.1) is 0 Å². The lowest BCUT2D eigenvalue weighted by molar-refractivity contribution is 0.151. The third kappa shape index (κ3) is 6.43. The van der Waals surface area contributed by atoms with Gasteiger partial charge in [0, 0.05) is 55.5 Å². The number of aromatic nitrogens is 4. The Bertz CT molecular complexity index is 1580. The third-order valence-electron chi connectivity index (χ3n) is 6.77. The molecule has 2 aromatic carbocycles. The van der Waals surface area contributed by atoms with Crippen molar-refractivity contribution in [1.29, 1.82) is 0 Å². The Kier molecular flexibility index (Phi) is 8.05. The first-order chi connectivity index (χ1) is 19.2. The number of hydrogen-bond acceptors (Lipinski definition) is 8. The number of aromatic amines is 1. The molecule has 0 radical (unpaired) electrons. The molecule has 13 heteroatoms. The van der Waals surface area contributed by atoms with Crippen molar-refractivity contribution in [3.8, 4) is 0 Å². The molecule has 5 rings (SSSR count). The number of likely N-dealkylation sites (N-methyl/N-ethyl adjacent to an activating group) is 1. The summed E-state index contributed by atoms with van der Waals surface area (Å²) < 4.78 is 55.0. The van der Waals surface area contributed by atoms with Gasteiger partial charge in [0.15, 0.2) is 11.6 Å². The van der Waals surface area contributed by atoms with Gasteiger partial charge in [0.25, 0.3) is 0 Å². The molecule has 4 aromatic rings. The fraction of sp³-hybridized carbons (Fsp3) is 0.296. The quantitative estimate of drug-likeness (QED) is 0.269. The molecule has 1 unspecified atom stereocenters. The van der Waals surface area contributed by atoms with Crippen LogP contribution >= 0.6 is 0 Å².